The lowest BCUT2D eigenvalue weighted by Crippen LogP contribution is -2.52. The average molecular weight is 394 g/mol. The molecule has 1 saturated heterocycles. The minimum Gasteiger partial charge on any atom is -0.497 e. The SMILES string of the molecule is COc1ccc(CN2C[C@@]3(CC[C@@H](N(C)C)C(c4ccccc4)C3)NC2=O)cc1. The van der Waals surface area contributed by atoms with Crippen LogP contribution < -0.4 is 10.1 Å². The van der Waals surface area contributed by atoms with E-state index in [2.05, 4.69) is 54.6 Å². The molecule has 2 aromatic rings. The zero-order chi connectivity index (χ0) is 20.4. The zero-order valence-electron chi connectivity index (χ0n) is 17.6. The van der Waals surface area contributed by atoms with Gasteiger partial charge in [0.05, 0.1) is 12.6 Å². The van der Waals surface area contributed by atoms with Gasteiger partial charge in [-0.25, -0.2) is 4.79 Å². The largest absolute Gasteiger partial charge is 0.497 e. The highest BCUT2D eigenvalue weighted by Gasteiger charge is 2.48. The van der Waals surface area contributed by atoms with Crippen LogP contribution in [0.3, 0.4) is 0 Å². The molecule has 1 N–H and O–H groups in total. The summed E-state index contributed by atoms with van der Waals surface area (Å²) in [7, 11) is 6.00. The molecule has 2 aliphatic rings. The molecule has 1 aliphatic heterocycles. The lowest BCUT2D eigenvalue weighted by atomic mass is 9.70. The molecule has 1 aliphatic carbocycles. The molecule has 1 unspecified atom stereocenters. The van der Waals surface area contributed by atoms with Gasteiger partial charge in [0.2, 0.25) is 0 Å². The molecule has 0 aromatic heterocycles. The molecule has 1 saturated carbocycles. The van der Waals surface area contributed by atoms with Crippen LogP contribution in [0.15, 0.2) is 54.6 Å². The summed E-state index contributed by atoms with van der Waals surface area (Å²) in [6.07, 6.45) is 3.08. The maximum atomic E-state index is 12.8. The molecule has 4 rings (SSSR count). The monoisotopic (exact) mass is 393 g/mol. The first kappa shape index (κ1) is 19.8. The number of urea groups is 1. The molecule has 5 nitrogen and oxygen atoms in total. The number of likely N-dealkylation sites (N-methyl/N-ethyl adjacent to an activating group) is 1. The minimum atomic E-state index is -0.142. The summed E-state index contributed by atoms with van der Waals surface area (Å²) in [5, 5.41) is 3.37. The van der Waals surface area contributed by atoms with Crippen molar-refractivity contribution in [2.24, 2.45) is 0 Å². The van der Waals surface area contributed by atoms with Gasteiger partial charge < -0.3 is 19.9 Å². The first-order valence-electron chi connectivity index (χ1n) is 10.4. The van der Waals surface area contributed by atoms with Crippen molar-refractivity contribution in [2.75, 3.05) is 27.7 Å². The summed E-state index contributed by atoms with van der Waals surface area (Å²) in [6, 6.07) is 19.3. The summed E-state index contributed by atoms with van der Waals surface area (Å²) in [6.45, 7) is 1.39. The molecule has 0 radical (unpaired) electrons. The maximum absolute atomic E-state index is 12.8. The van der Waals surface area contributed by atoms with Gasteiger partial charge in [-0.05, 0) is 56.6 Å². The number of amides is 2. The van der Waals surface area contributed by atoms with Crippen molar-refractivity contribution in [3.63, 3.8) is 0 Å². The van der Waals surface area contributed by atoms with Crippen LogP contribution in [-0.2, 0) is 6.54 Å². The highest BCUT2D eigenvalue weighted by molar-refractivity contribution is 5.78. The predicted molar refractivity (Wildman–Crippen MR) is 115 cm³/mol. The summed E-state index contributed by atoms with van der Waals surface area (Å²) >= 11 is 0. The third-order valence-corrected chi connectivity index (χ3v) is 6.57. The number of ether oxygens (including phenoxy) is 1. The number of rotatable bonds is 5. The summed E-state index contributed by atoms with van der Waals surface area (Å²) < 4.78 is 5.24. The molecule has 1 spiro atoms. The molecule has 154 valence electrons. The molecule has 1 heterocycles. The fourth-order valence-electron chi connectivity index (χ4n) is 5.06. The van der Waals surface area contributed by atoms with Crippen molar-refractivity contribution >= 4 is 6.03 Å². The lowest BCUT2D eigenvalue weighted by Gasteiger charge is -2.45. The maximum Gasteiger partial charge on any atom is 0.318 e. The van der Waals surface area contributed by atoms with Crippen molar-refractivity contribution in [3.05, 3.63) is 65.7 Å². The second-order valence-electron chi connectivity index (χ2n) is 8.71. The molecule has 2 fully saturated rings. The number of methoxy groups -OCH3 is 1. The van der Waals surface area contributed by atoms with E-state index in [1.54, 1.807) is 7.11 Å². The smallest absolute Gasteiger partial charge is 0.318 e. The van der Waals surface area contributed by atoms with Gasteiger partial charge in [-0.3, -0.25) is 0 Å². The quantitative estimate of drug-likeness (QED) is 0.839. The Morgan fingerprint density at radius 2 is 1.86 bits per heavy atom. The van der Waals surface area contributed by atoms with Gasteiger partial charge >= 0.3 is 6.03 Å². The van der Waals surface area contributed by atoms with Gasteiger partial charge in [-0.1, -0.05) is 42.5 Å². The first-order valence-corrected chi connectivity index (χ1v) is 10.4. The van der Waals surface area contributed by atoms with Crippen molar-refractivity contribution in [2.45, 2.75) is 43.3 Å². The van der Waals surface area contributed by atoms with Crippen LogP contribution in [0.25, 0.3) is 0 Å². The Bertz CT molecular complexity index is 837. The molecule has 2 aromatic carbocycles. The van der Waals surface area contributed by atoms with Crippen LogP contribution >= 0.6 is 0 Å². The average Bonchev–Trinajstić information content (AvgIpc) is 3.03. The highest BCUT2D eigenvalue weighted by atomic mass is 16.5. The van der Waals surface area contributed by atoms with Gasteiger partial charge in [0.25, 0.3) is 0 Å². The van der Waals surface area contributed by atoms with Gasteiger partial charge in [0.1, 0.15) is 5.75 Å². The fraction of sp³-hybridized carbons (Fsp3) is 0.458. The number of nitrogens with zero attached hydrogens (tertiary/aromatic N) is 2. The molecule has 0 bridgehead atoms. The Balaban J connectivity index is 1.51. The van der Waals surface area contributed by atoms with E-state index in [0.717, 1.165) is 37.1 Å². The number of nitrogens with one attached hydrogen (secondary N) is 1. The normalized spacial score (nSPS) is 26.8. The lowest BCUT2D eigenvalue weighted by molar-refractivity contribution is 0.135. The molecule has 5 heteroatoms. The van der Waals surface area contributed by atoms with E-state index in [1.807, 2.05) is 29.2 Å². The Morgan fingerprint density at radius 1 is 1.14 bits per heavy atom. The van der Waals surface area contributed by atoms with Gasteiger partial charge in [0, 0.05) is 25.0 Å². The molecular formula is C24H31N3O2. The first-order chi connectivity index (χ1) is 14.0. The van der Waals surface area contributed by atoms with Crippen molar-refractivity contribution in [1.82, 2.24) is 15.1 Å². The Kier molecular flexibility index (Phi) is 5.50. The van der Waals surface area contributed by atoms with E-state index >= 15 is 0 Å². The van der Waals surface area contributed by atoms with Crippen molar-refractivity contribution < 1.29 is 9.53 Å². The molecule has 3 atom stereocenters. The van der Waals surface area contributed by atoms with E-state index in [9.17, 15) is 4.79 Å². The number of hydrogen-bond donors (Lipinski definition) is 1. The van der Waals surface area contributed by atoms with E-state index in [0.29, 0.717) is 18.5 Å². The second kappa shape index (κ2) is 8.07. The van der Waals surface area contributed by atoms with Crippen LogP contribution in [0.5, 0.6) is 5.75 Å². The Labute approximate surface area is 173 Å². The van der Waals surface area contributed by atoms with Gasteiger partial charge in [0.15, 0.2) is 0 Å². The third-order valence-electron chi connectivity index (χ3n) is 6.57. The number of carbonyl (C=O) groups is 1. The highest BCUT2D eigenvalue weighted by Crippen LogP contribution is 2.42. The van der Waals surface area contributed by atoms with Crippen LogP contribution in [0.4, 0.5) is 4.79 Å². The predicted octanol–water partition coefficient (Wildman–Crippen LogP) is 3.86. The van der Waals surface area contributed by atoms with Crippen molar-refractivity contribution in [3.8, 4) is 5.75 Å². The molecule has 2 amide bonds. The third kappa shape index (κ3) is 4.10. The number of benzene rings is 2. The van der Waals surface area contributed by atoms with Crippen LogP contribution in [0.1, 0.15) is 36.3 Å². The Morgan fingerprint density at radius 3 is 2.52 bits per heavy atom. The van der Waals surface area contributed by atoms with E-state index in [-0.39, 0.29) is 11.6 Å². The minimum absolute atomic E-state index is 0.0518. The van der Waals surface area contributed by atoms with Gasteiger partial charge in [-0.15, -0.1) is 0 Å². The van der Waals surface area contributed by atoms with Gasteiger partial charge in [-0.2, -0.15) is 0 Å². The Hall–Kier alpha value is -2.53. The number of hydrogen-bond acceptors (Lipinski definition) is 3. The summed E-state index contributed by atoms with van der Waals surface area (Å²) in [4.78, 5) is 17.1. The van der Waals surface area contributed by atoms with E-state index in [1.165, 1.54) is 5.56 Å². The molecular weight excluding hydrogens is 362 g/mol. The van der Waals surface area contributed by atoms with E-state index < -0.39 is 0 Å². The van der Waals surface area contributed by atoms with Crippen LogP contribution in [0, 0.1) is 0 Å². The van der Waals surface area contributed by atoms with Crippen LogP contribution in [0.2, 0.25) is 0 Å². The fourth-order valence-corrected chi connectivity index (χ4v) is 5.06. The standard InChI is InChI=1S/C24H31N3O2/c1-26(2)22-13-14-24(15-21(22)19-7-5-4-6-8-19)17-27(23(28)25-24)16-18-9-11-20(29-3)12-10-18/h4-12,21-22H,13-17H2,1-3H3,(H,25,28)/t21?,22-,24+/m1/s1. The molecule has 29 heavy (non-hydrogen) atoms. The van der Waals surface area contributed by atoms with Crippen molar-refractivity contribution in [1.29, 1.82) is 0 Å². The summed E-state index contributed by atoms with van der Waals surface area (Å²) in [5.74, 6) is 1.25. The van der Waals surface area contributed by atoms with E-state index in [4.69, 9.17) is 4.74 Å². The number of carbonyl (C=O) groups excluding carboxylic acids is 1. The van der Waals surface area contributed by atoms with Crippen LogP contribution in [-0.4, -0.2) is 55.2 Å². The zero-order valence-corrected chi connectivity index (χ0v) is 17.6. The topological polar surface area (TPSA) is 44.8 Å². The second-order valence-corrected chi connectivity index (χ2v) is 8.71. The summed E-state index contributed by atoms with van der Waals surface area (Å²) in [5.41, 5.74) is 2.35.